The van der Waals surface area contributed by atoms with Gasteiger partial charge in [-0.1, -0.05) is 39.0 Å². The third kappa shape index (κ3) is 4.06. The Kier molecular flexibility index (Phi) is 5.32. The first-order chi connectivity index (χ1) is 9.21. The molecule has 1 aromatic carbocycles. The number of rotatable bonds is 5. The van der Waals surface area contributed by atoms with Crippen LogP contribution in [0.5, 0.6) is 0 Å². The average Bonchev–Trinajstić information content (AvgIpc) is 2.37. The molecule has 0 aliphatic carbocycles. The average molecular weight is 287 g/mol. The van der Waals surface area contributed by atoms with Crippen molar-refractivity contribution in [2.75, 3.05) is 0 Å². The summed E-state index contributed by atoms with van der Waals surface area (Å²) in [7, 11) is -1.82. The molecule has 0 aromatic heterocycles. The van der Waals surface area contributed by atoms with E-state index in [4.69, 9.17) is 9.69 Å². The number of nitriles is 1. The molecule has 1 unspecified atom stereocenters. The highest BCUT2D eigenvalue weighted by Crippen LogP contribution is 2.40. The molecule has 0 radical (unpaired) electrons. The van der Waals surface area contributed by atoms with E-state index in [9.17, 15) is 0 Å². The summed E-state index contributed by atoms with van der Waals surface area (Å²) < 4.78 is 6.49. The van der Waals surface area contributed by atoms with Gasteiger partial charge in [-0.25, -0.2) is 0 Å². The lowest BCUT2D eigenvalue weighted by Crippen LogP contribution is -2.41. The van der Waals surface area contributed by atoms with Crippen LogP contribution in [0.3, 0.4) is 0 Å². The predicted octanol–water partition coefficient (Wildman–Crippen LogP) is 5.20. The van der Waals surface area contributed by atoms with Gasteiger partial charge in [0.1, 0.15) is 0 Å². The van der Waals surface area contributed by atoms with Crippen LogP contribution in [0.2, 0.25) is 18.1 Å². The molecule has 3 heteroatoms. The molecule has 1 rings (SSSR count). The van der Waals surface area contributed by atoms with E-state index in [0.29, 0.717) is 5.56 Å². The summed E-state index contributed by atoms with van der Waals surface area (Å²) >= 11 is 0. The van der Waals surface area contributed by atoms with Crippen LogP contribution in [0, 0.1) is 11.3 Å². The van der Waals surface area contributed by atoms with Gasteiger partial charge in [0.05, 0.1) is 17.7 Å². The maximum Gasteiger partial charge on any atom is 0.192 e. The van der Waals surface area contributed by atoms with Crippen molar-refractivity contribution >= 4 is 8.32 Å². The highest BCUT2D eigenvalue weighted by Gasteiger charge is 2.39. The summed E-state index contributed by atoms with van der Waals surface area (Å²) in [6, 6.07) is 9.81. The summed E-state index contributed by atoms with van der Waals surface area (Å²) in [6.45, 7) is 15.1. The number of hydrogen-bond acceptors (Lipinski definition) is 2. The zero-order chi connectivity index (χ0) is 15.4. The Morgan fingerprint density at radius 3 is 2.25 bits per heavy atom. The molecule has 1 aromatic rings. The molecule has 0 amide bonds. The van der Waals surface area contributed by atoms with Gasteiger partial charge >= 0.3 is 0 Å². The maximum atomic E-state index is 8.87. The third-order valence-corrected chi connectivity index (χ3v) is 8.52. The molecule has 0 fully saturated rings. The van der Waals surface area contributed by atoms with E-state index in [1.807, 2.05) is 30.3 Å². The zero-order valence-corrected chi connectivity index (χ0v) is 14.2. The van der Waals surface area contributed by atoms with Crippen molar-refractivity contribution in [3.8, 4) is 6.07 Å². The van der Waals surface area contributed by atoms with E-state index in [2.05, 4.69) is 46.5 Å². The van der Waals surface area contributed by atoms with Gasteiger partial charge in [0.25, 0.3) is 0 Å². The standard InChI is InChI=1S/C17H25NOSi/c1-7-8-16(19-20(5,6)17(2,3)4)15-11-9-14(13-18)10-12-15/h7,9-12,16H,1,8H2,2-6H3. The molecular formula is C17H25NOSi. The van der Waals surface area contributed by atoms with Crippen LogP contribution >= 0.6 is 0 Å². The third-order valence-electron chi connectivity index (χ3n) is 4.04. The second-order valence-corrected chi connectivity index (χ2v) is 11.4. The first-order valence-corrected chi connectivity index (χ1v) is 9.91. The van der Waals surface area contributed by atoms with Crippen molar-refractivity contribution in [2.24, 2.45) is 0 Å². The van der Waals surface area contributed by atoms with Crippen molar-refractivity contribution in [3.63, 3.8) is 0 Å². The van der Waals surface area contributed by atoms with Crippen LogP contribution in [-0.2, 0) is 4.43 Å². The van der Waals surface area contributed by atoms with Crippen LogP contribution in [0.1, 0.15) is 44.4 Å². The van der Waals surface area contributed by atoms with Crippen LogP contribution < -0.4 is 0 Å². The van der Waals surface area contributed by atoms with Crippen molar-refractivity contribution in [1.82, 2.24) is 0 Å². The largest absolute Gasteiger partial charge is 0.410 e. The molecule has 0 N–H and O–H groups in total. The lowest BCUT2D eigenvalue weighted by molar-refractivity contribution is 0.187. The smallest absolute Gasteiger partial charge is 0.192 e. The van der Waals surface area contributed by atoms with Gasteiger partial charge in [-0.15, -0.1) is 6.58 Å². The van der Waals surface area contributed by atoms with E-state index in [-0.39, 0.29) is 11.1 Å². The molecule has 20 heavy (non-hydrogen) atoms. The Hall–Kier alpha value is -1.37. The summed E-state index contributed by atoms with van der Waals surface area (Å²) in [5, 5.41) is 9.05. The lowest BCUT2D eigenvalue weighted by atomic mass is 10.1. The SMILES string of the molecule is C=CCC(O[Si](C)(C)C(C)(C)C)c1ccc(C#N)cc1. The topological polar surface area (TPSA) is 33.0 Å². The summed E-state index contributed by atoms with van der Waals surface area (Å²) in [5.74, 6) is 0. The van der Waals surface area contributed by atoms with Crippen LogP contribution in [-0.4, -0.2) is 8.32 Å². The first-order valence-electron chi connectivity index (χ1n) is 7.00. The molecule has 0 saturated carbocycles. The van der Waals surface area contributed by atoms with Crippen molar-refractivity contribution in [2.45, 2.75) is 51.4 Å². The molecule has 2 nitrogen and oxygen atoms in total. The van der Waals surface area contributed by atoms with E-state index in [1.54, 1.807) is 0 Å². The van der Waals surface area contributed by atoms with Crippen LogP contribution in [0.15, 0.2) is 36.9 Å². The van der Waals surface area contributed by atoms with E-state index >= 15 is 0 Å². The Morgan fingerprint density at radius 2 is 1.85 bits per heavy atom. The van der Waals surface area contributed by atoms with E-state index < -0.39 is 8.32 Å². The van der Waals surface area contributed by atoms with Crippen molar-refractivity contribution in [1.29, 1.82) is 5.26 Å². The van der Waals surface area contributed by atoms with E-state index in [1.165, 1.54) is 0 Å². The number of benzene rings is 1. The maximum absolute atomic E-state index is 8.87. The van der Waals surface area contributed by atoms with Gasteiger partial charge in [0.2, 0.25) is 0 Å². The zero-order valence-electron chi connectivity index (χ0n) is 13.2. The molecule has 0 saturated heterocycles. The van der Waals surface area contributed by atoms with Crippen LogP contribution in [0.4, 0.5) is 0 Å². The summed E-state index contributed by atoms with van der Waals surface area (Å²) in [5.41, 5.74) is 1.80. The highest BCUT2D eigenvalue weighted by molar-refractivity contribution is 6.74. The predicted molar refractivity (Wildman–Crippen MR) is 87.0 cm³/mol. The second-order valence-electron chi connectivity index (χ2n) is 6.62. The fourth-order valence-corrected chi connectivity index (χ4v) is 3.01. The molecule has 0 spiro atoms. The van der Waals surface area contributed by atoms with Crippen LogP contribution in [0.25, 0.3) is 0 Å². The molecular weight excluding hydrogens is 262 g/mol. The highest BCUT2D eigenvalue weighted by atomic mass is 28.4. The Morgan fingerprint density at radius 1 is 1.30 bits per heavy atom. The lowest BCUT2D eigenvalue weighted by Gasteiger charge is -2.39. The molecule has 108 valence electrons. The molecule has 0 heterocycles. The van der Waals surface area contributed by atoms with E-state index in [0.717, 1.165) is 12.0 Å². The van der Waals surface area contributed by atoms with Gasteiger partial charge in [-0.3, -0.25) is 0 Å². The van der Waals surface area contributed by atoms with Gasteiger partial charge in [0, 0.05) is 0 Å². The number of hydrogen-bond donors (Lipinski definition) is 0. The van der Waals surface area contributed by atoms with Gasteiger partial charge < -0.3 is 4.43 Å². The summed E-state index contributed by atoms with van der Waals surface area (Å²) in [6.07, 6.45) is 2.72. The quantitative estimate of drug-likeness (QED) is 0.551. The minimum Gasteiger partial charge on any atom is -0.410 e. The Labute approximate surface area is 124 Å². The second kappa shape index (κ2) is 6.38. The number of nitrogens with zero attached hydrogens (tertiary/aromatic N) is 1. The fourth-order valence-electron chi connectivity index (χ4n) is 1.71. The van der Waals surface area contributed by atoms with Gasteiger partial charge in [0.15, 0.2) is 8.32 Å². The van der Waals surface area contributed by atoms with Gasteiger partial charge in [-0.2, -0.15) is 5.26 Å². The monoisotopic (exact) mass is 287 g/mol. The fraction of sp³-hybridized carbons (Fsp3) is 0.471. The summed E-state index contributed by atoms with van der Waals surface area (Å²) in [4.78, 5) is 0. The van der Waals surface area contributed by atoms with Gasteiger partial charge in [-0.05, 0) is 42.2 Å². The first kappa shape index (κ1) is 16.7. The van der Waals surface area contributed by atoms with Crippen molar-refractivity contribution < 1.29 is 4.43 Å². The van der Waals surface area contributed by atoms with Crippen molar-refractivity contribution in [3.05, 3.63) is 48.0 Å². The molecule has 1 atom stereocenters. The molecule has 0 bridgehead atoms. The normalized spacial score (nSPS) is 13.6. The molecule has 0 aliphatic heterocycles. The molecule has 0 aliphatic rings. The Bertz CT molecular complexity index is 491. The minimum atomic E-state index is -1.82. The minimum absolute atomic E-state index is 0.0288. The Balaban J connectivity index is 3.00.